The van der Waals surface area contributed by atoms with Crippen molar-refractivity contribution < 1.29 is 0 Å². The number of hydrogen-bond donors (Lipinski definition) is 1. The number of rotatable bonds is 1. The summed E-state index contributed by atoms with van der Waals surface area (Å²) in [5, 5.41) is 0. The van der Waals surface area contributed by atoms with Gasteiger partial charge in [0.1, 0.15) is 12.5 Å². The Morgan fingerprint density at radius 1 is 1.50 bits per heavy atom. The number of aromatic nitrogens is 1. The van der Waals surface area contributed by atoms with Gasteiger partial charge in [0.25, 0.3) is 0 Å². The summed E-state index contributed by atoms with van der Waals surface area (Å²) >= 11 is 0. The predicted octanol–water partition coefficient (Wildman–Crippen LogP) is 1.25. The molecular formula is C6H10NS+. The lowest BCUT2D eigenvalue weighted by Crippen LogP contribution is -1.91. The maximum Gasteiger partial charge on any atom is 0.171 e. The van der Waals surface area contributed by atoms with Gasteiger partial charge in [0.15, 0.2) is 4.90 Å². The number of hydrogen-bond acceptors (Lipinski definition) is 0. The molecule has 44 valence electrons. The third-order valence-corrected chi connectivity index (χ3v) is 2.24. The van der Waals surface area contributed by atoms with Gasteiger partial charge in [-0.15, -0.1) is 0 Å². The van der Waals surface area contributed by atoms with E-state index in [-0.39, 0.29) is 0 Å². The first-order chi connectivity index (χ1) is 3.80. The molecule has 0 saturated heterocycles. The summed E-state index contributed by atoms with van der Waals surface area (Å²) in [7, 11) is 0.421. The Hall–Kier alpha value is -0.370. The predicted molar refractivity (Wildman–Crippen MR) is 38.3 cm³/mol. The summed E-state index contributed by atoms with van der Waals surface area (Å²) in [6.07, 6.45) is 8.43. The van der Waals surface area contributed by atoms with Crippen molar-refractivity contribution in [2.24, 2.45) is 0 Å². The molecule has 1 heterocycles. The Kier molecular flexibility index (Phi) is 1.63. The molecule has 8 heavy (non-hydrogen) atoms. The van der Waals surface area contributed by atoms with Crippen LogP contribution in [-0.2, 0) is 10.9 Å². The number of H-pyrrole nitrogens is 1. The molecule has 0 fully saturated rings. The molecule has 1 aromatic heterocycles. The topological polar surface area (TPSA) is 15.8 Å². The van der Waals surface area contributed by atoms with E-state index in [2.05, 4.69) is 23.6 Å². The summed E-state index contributed by atoms with van der Waals surface area (Å²) in [5.74, 6) is 0. The summed E-state index contributed by atoms with van der Waals surface area (Å²) in [6, 6.07) is 2.11. The van der Waals surface area contributed by atoms with Crippen LogP contribution in [0, 0.1) is 0 Å². The third kappa shape index (κ3) is 1.07. The van der Waals surface area contributed by atoms with Crippen LogP contribution in [0.4, 0.5) is 0 Å². The van der Waals surface area contributed by atoms with Crippen molar-refractivity contribution in [3.05, 3.63) is 18.5 Å². The average molecular weight is 128 g/mol. The van der Waals surface area contributed by atoms with Crippen molar-refractivity contribution in [3.63, 3.8) is 0 Å². The summed E-state index contributed by atoms with van der Waals surface area (Å²) in [5.41, 5.74) is 0. The molecule has 1 nitrogen and oxygen atoms in total. The maximum absolute atomic E-state index is 3.02. The first-order valence-electron chi connectivity index (χ1n) is 2.51. The minimum atomic E-state index is 0.421. The van der Waals surface area contributed by atoms with Crippen molar-refractivity contribution in [2.45, 2.75) is 4.90 Å². The van der Waals surface area contributed by atoms with Crippen LogP contribution in [0.25, 0.3) is 0 Å². The highest BCUT2D eigenvalue weighted by molar-refractivity contribution is 7.95. The second kappa shape index (κ2) is 2.27. The summed E-state index contributed by atoms with van der Waals surface area (Å²) < 4.78 is 0. The average Bonchev–Trinajstić information content (AvgIpc) is 2.12. The van der Waals surface area contributed by atoms with Crippen LogP contribution < -0.4 is 0 Å². The van der Waals surface area contributed by atoms with E-state index >= 15 is 0 Å². The van der Waals surface area contributed by atoms with Gasteiger partial charge >= 0.3 is 0 Å². The lowest BCUT2D eigenvalue weighted by Gasteiger charge is -1.85. The van der Waals surface area contributed by atoms with E-state index in [4.69, 9.17) is 0 Å². The van der Waals surface area contributed by atoms with Gasteiger partial charge in [-0.1, -0.05) is 0 Å². The van der Waals surface area contributed by atoms with E-state index in [1.165, 1.54) is 4.90 Å². The monoisotopic (exact) mass is 128 g/mol. The quantitative estimate of drug-likeness (QED) is 0.548. The summed E-state index contributed by atoms with van der Waals surface area (Å²) in [6.45, 7) is 0. The van der Waals surface area contributed by atoms with E-state index in [1.807, 2.05) is 12.4 Å². The molecule has 0 spiro atoms. The van der Waals surface area contributed by atoms with E-state index < -0.39 is 0 Å². The van der Waals surface area contributed by atoms with Gasteiger partial charge in [-0.2, -0.15) is 0 Å². The maximum atomic E-state index is 3.02. The Morgan fingerprint density at radius 2 is 2.25 bits per heavy atom. The highest BCUT2D eigenvalue weighted by atomic mass is 32.2. The van der Waals surface area contributed by atoms with Crippen LogP contribution in [0.3, 0.4) is 0 Å². The van der Waals surface area contributed by atoms with Gasteiger partial charge < -0.3 is 4.98 Å². The van der Waals surface area contributed by atoms with E-state index in [0.29, 0.717) is 10.9 Å². The van der Waals surface area contributed by atoms with Gasteiger partial charge in [0.05, 0.1) is 6.20 Å². The zero-order valence-corrected chi connectivity index (χ0v) is 5.96. The number of aromatic amines is 1. The van der Waals surface area contributed by atoms with Crippen LogP contribution in [0.2, 0.25) is 0 Å². The standard InChI is InChI=1S/C6H10NS/c1-8(2)6-3-4-7-5-6/h3-5,7H,1-2H3/q+1. The first kappa shape index (κ1) is 5.76. The molecule has 0 radical (unpaired) electrons. The Bertz CT molecular complexity index is 144. The third-order valence-electron chi connectivity index (χ3n) is 1.04. The van der Waals surface area contributed by atoms with E-state index in [0.717, 1.165) is 0 Å². The van der Waals surface area contributed by atoms with Crippen molar-refractivity contribution in [1.29, 1.82) is 0 Å². The van der Waals surface area contributed by atoms with Crippen LogP contribution in [0.5, 0.6) is 0 Å². The molecular weight excluding hydrogens is 118 g/mol. The fourth-order valence-electron chi connectivity index (χ4n) is 0.563. The lowest BCUT2D eigenvalue weighted by molar-refractivity contribution is 1.37. The molecule has 1 rings (SSSR count). The van der Waals surface area contributed by atoms with Crippen molar-refractivity contribution >= 4 is 10.9 Å². The van der Waals surface area contributed by atoms with Crippen LogP contribution in [-0.4, -0.2) is 17.5 Å². The van der Waals surface area contributed by atoms with Crippen molar-refractivity contribution in [1.82, 2.24) is 4.98 Å². The molecule has 0 aliphatic heterocycles. The molecule has 2 heteroatoms. The molecule has 0 aromatic carbocycles. The van der Waals surface area contributed by atoms with Crippen LogP contribution in [0.15, 0.2) is 23.4 Å². The van der Waals surface area contributed by atoms with Crippen LogP contribution in [0.1, 0.15) is 0 Å². The largest absolute Gasteiger partial charge is 0.363 e. The van der Waals surface area contributed by atoms with Gasteiger partial charge in [0, 0.05) is 23.2 Å². The highest BCUT2D eigenvalue weighted by Gasteiger charge is 2.05. The van der Waals surface area contributed by atoms with Crippen molar-refractivity contribution in [2.75, 3.05) is 12.5 Å². The Balaban J connectivity index is 2.77. The van der Waals surface area contributed by atoms with Gasteiger partial charge in [-0.05, 0) is 0 Å². The lowest BCUT2D eigenvalue weighted by atomic mass is 10.7. The minimum Gasteiger partial charge on any atom is -0.363 e. The molecule has 0 aliphatic carbocycles. The fourth-order valence-corrected chi connectivity index (χ4v) is 1.21. The Morgan fingerprint density at radius 3 is 2.50 bits per heavy atom. The Labute approximate surface area is 52.5 Å². The second-order valence-electron chi connectivity index (χ2n) is 1.86. The van der Waals surface area contributed by atoms with E-state index in [9.17, 15) is 0 Å². The van der Waals surface area contributed by atoms with Gasteiger partial charge in [-0.3, -0.25) is 0 Å². The zero-order chi connectivity index (χ0) is 5.98. The molecule has 0 amide bonds. The summed E-state index contributed by atoms with van der Waals surface area (Å²) in [4.78, 5) is 4.43. The highest BCUT2D eigenvalue weighted by Crippen LogP contribution is 2.04. The SMILES string of the molecule is C[S+](C)c1cc[nH]c1. The molecule has 0 aliphatic rings. The zero-order valence-electron chi connectivity index (χ0n) is 5.14. The van der Waals surface area contributed by atoms with Gasteiger partial charge in [0.2, 0.25) is 0 Å². The van der Waals surface area contributed by atoms with Gasteiger partial charge in [-0.25, -0.2) is 0 Å². The molecule has 0 atom stereocenters. The smallest absolute Gasteiger partial charge is 0.171 e. The molecule has 1 aromatic rings. The first-order valence-corrected chi connectivity index (χ1v) is 4.55. The molecule has 1 N–H and O–H groups in total. The molecule has 0 unspecified atom stereocenters. The second-order valence-corrected chi connectivity index (χ2v) is 3.97. The fraction of sp³-hybridized carbons (Fsp3) is 0.333. The minimum absolute atomic E-state index is 0.421. The molecule has 0 saturated carbocycles. The van der Waals surface area contributed by atoms with E-state index in [1.54, 1.807) is 0 Å². The normalized spacial score (nSPS) is 10.4. The number of nitrogens with one attached hydrogen (secondary N) is 1. The molecule has 0 bridgehead atoms. The van der Waals surface area contributed by atoms with Crippen molar-refractivity contribution in [3.8, 4) is 0 Å². The van der Waals surface area contributed by atoms with Crippen LogP contribution >= 0.6 is 0 Å².